The molecule has 0 amide bonds. The van der Waals surface area contributed by atoms with Crippen molar-refractivity contribution >= 4 is 11.6 Å². The zero-order valence-corrected chi connectivity index (χ0v) is 12.4. The van der Waals surface area contributed by atoms with Gasteiger partial charge in [0.2, 0.25) is 5.67 Å². The minimum absolute atomic E-state index is 2.24. The van der Waals surface area contributed by atoms with Gasteiger partial charge in [-0.1, -0.05) is 0 Å². The van der Waals surface area contributed by atoms with E-state index in [4.69, 9.17) is 11.6 Å². The molecule has 1 fully saturated rings. The smallest absolute Gasteiger partial charge is 0.370 e. The van der Waals surface area contributed by atoms with Crippen LogP contribution >= 0.6 is 11.6 Å². The maximum Gasteiger partial charge on any atom is 0.426 e. The van der Waals surface area contributed by atoms with E-state index in [-0.39, 0.29) is 0 Å². The zero-order valence-electron chi connectivity index (χ0n) is 11.7. The van der Waals surface area contributed by atoms with E-state index in [1.165, 1.54) is 0 Å². The summed E-state index contributed by atoms with van der Waals surface area (Å²) < 4.78 is 158. The molecule has 0 spiro atoms. The summed E-state index contributed by atoms with van der Waals surface area (Å²) in [4.78, 5) is 0. The summed E-state index contributed by atoms with van der Waals surface area (Å²) in [5.41, 5.74) is -11.0. The van der Waals surface area contributed by atoms with Gasteiger partial charge in [-0.25, -0.2) is 17.6 Å². The van der Waals surface area contributed by atoms with Gasteiger partial charge in [0.05, 0.1) is 11.5 Å². The van der Waals surface area contributed by atoms with E-state index in [9.17, 15) is 52.7 Å². The Morgan fingerprint density at radius 3 is 1.64 bits per heavy atom. The molecule has 25 heavy (non-hydrogen) atoms. The van der Waals surface area contributed by atoms with E-state index in [0.29, 0.717) is 0 Å². The second kappa shape index (κ2) is 6.54. The van der Waals surface area contributed by atoms with Crippen LogP contribution < -0.4 is 0 Å². The van der Waals surface area contributed by atoms with Crippen molar-refractivity contribution in [2.24, 2.45) is 0 Å². The number of halogens is 13. The highest BCUT2D eigenvalue weighted by molar-refractivity contribution is 6.21. The molecule has 0 aromatic rings. The molecule has 1 aliphatic carbocycles. The third kappa shape index (κ3) is 3.91. The molecule has 150 valence electrons. The quantitative estimate of drug-likeness (QED) is 0.448. The average Bonchev–Trinajstić information content (AvgIpc) is 2.38. The van der Waals surface area contributed by atoms with Crippen LogP contribution in [0.4, 0.5) is 52.7 Å². The first kappa shape index (κ1) is 22.5. The zero-order chi connectivity index (χ0) is 20.1. The van der Waals surface area contributed by atoms with Gasteiger partial charge in [-0.05, 0) is 0 Å². The molecule has 0 aromatic heterocycles. The molecule has 0 heterocycles. The third-order valence-corrected chi connectivity index (χ3v) is 4.13. The highest BCUT2D eigenvalue weighted by Crippen LogP contribution is 2.59. The predicted octanol–water partition coefficient (Wildman–Crippen LogP) is 5.21. The Hall–Kier alpha value is -0.590. The first-order valence-electron chi connectivity index (χ1n) is 6.32. The number of alkyl halides is 13. The summed E-state index contributed by atoms with van der Waals surface area (Å²) in [5, 5.41) is -2.33. The van der Waals surface area contributed by atoms with E-state index in [0.717, 1.165) is 0 Å². The molecule has 1 rings (SSSR count). The van der Waals surface area contributed by atoms with Crippen LogP contribution in [-0.2, 0) is 4.74 Å². The minimum Gasteiger partial charge on any atom is -0.370 e. The Labute approximate surface area is 137 Å². The molecule has 0 saturated heterocycles. The van der Waals surface area contributed by atoms with Gasteiger partial charge >= 0.3 is 24.7 Å². The summed E-state index contributed by atoms with van der Waals surface area (Å²) in [6, 6.07) is 0. The van der Waals surface area contributed by atoms with E-state index in [1.807, 2.05) is 0 Å². The molecule has 1 nitrogen and oxygen atoms in total. The van der Waals surface area contributed by atoms with Gasteiger partial charge < -0.3 is 4.74 Å². The Bertz CT molecular complexity index is 477. The molecule has 0 aliphatic heterocycles. The summed E-state index contributed by atoms with van der Waals surface area (Å²) in [5.74, 6) is -4.87. The molecule has 14 heteroatoms. The second-order valence-electron chi connectivity index (χ2n) is 5.43. The van der Waals surface area contributed by atoms with Crippen LogP contribution in [0, 0.1) is 0 Å². The molecule has 0 radical (unpaired) electrons. The summed E-state index contributed by atoms with van der Waals surface area (Å²) in [6.45, 7) is -2.24. The lowest BCUT2D eigenvalue weighted by molar-refractivity contribution is -0.360. The molecule has 1 saturated carbocycles. The number of rotatable bonds is 4. The maximum atomic E-state index is 14.1. The molecular formula is C11H9ClF12O. The van der Waals surface area contributed by atoms with Crippen molar-refractivity contribution in [1.82, 2.24) is 0 Å². The van der Waals surface area contributed by atoms with Crippen LogP contribution in [-0.4, -0.2) is 54.1 Å². The van der Waals surface area contributed by atoms with Crippen molar-refractivity contribution in [2.75, 3.05) is 6.61 Å². The summed E-state index contributed by atoms with van der Waals surface area (Å²) >= 11 is 5.23. The molecule has 0 unspecified atom stereocenters. The fourth-order valence-electron chi connectivity index (χ4n) is 2.25. The van der Waals surface area contributed by atoms with Gasteiger partial charge in [-0.2, -0.15) is 35.1 Å². The lowest BCUT2D eigenvalue weighted by Crippen LogP contribution is -2.70. The second-order valence-corrected chi connectivity index (χ2v) is 5.99. The molecule has 0 aromatic carbocycles. The molecule has 0 N–H and O–H groups in total. The Kier molecular flexibility index (Phi) is 5.87. The molecule has 4 atom stereocenters. The predicted molar refractivity (Wildman–Crippen MR) is 59.4 cm³/mol. The van der Waals surface area contributed by atoms with Crippen LogP contribution in [0.2, 0.25) is 0 Å². The van der Waals surface area contributed by atoms with Crippen molar-refractivity contribution in [2.45, 2.75) is 60.4 Å². The maximum absolute atomic E-state index is 14.1. The minimum atomic E-state index is -6.40. The van der Waals surface area contributed by atoms with Crippen LogP contribution in [0.15, 0.2) is 0 Å². The van der Waals surface area contributed by atoms with Crippen LogP contribution in [0.1, 0.15) is 12.8 Å². The topological polar surface area (TPSA) is 9.23 Å². The lowest BCUT2D eigenvalue weighted by Gasteiger charge is -2.48. The number of hydrogen-bond acceptors (Lipinski definition) is 1. The normalized spacial score (nSPS) is 35.3. The summed E-state index contributed by atoms with van der Waals surface area (Å²) in [6.07, 6.45) is -24.3. The average molecular weight is 421 g/mol. The highest BCUT2D eigenvalue weighted by Gasteiger charge is 2.81. The van der Waals surface area contributed by atoms with Crippen molar-refractivity contribution in [3.8, 4) is 0 Å². The van der Waals surface area contributed by atoms with Gasteiger partial charge in [-0.15, -0.1) is 11.6 Å². The summed E-state index contributed by atoms with van der Waals surface area (Å²) in [7, 11) is 0. The standard InChI is InChI=1S/C11H9ClF12O/c12-4-1-8(17,10(19,20)21)9(18,11(22,23)24)2-5(4)25-3-7(15,16)6(13)14/h4-6H,1-3H2/t4-,5+,8-,9+/m0/s1. The van der Waals surface area contributed by atoms with Crippen molar-refractivity contribution in [1.29, 1.82) is 0 Å². The van der Waals surface area contributed by atoms with Crippen molar-refractivity contribution in [3.63, 3.8) is 0 Å². The first-order valence-corrected chi connectivity index (χ1v) is 6.75. The molecular weight excluding hydrogens is 412 g/mol. The largest absolute Gasteiger partial charge is 0.426 e. The fourth-order valence-corrected chi connectivity index (χ4v) is 2.63. The van der Waals surface area contributed by atoms with E-state index in [1.54, 1.807) is 0 Å². The monoisotopic (exact) mass is 420 g/mol. The van der Waals surface area contributed by atoms with Gasteiger partial charge in [0.1, 0.15) is 6.61 Å². The highest BCUT2D eigenvalue weighted by atomic mass is 35.5. The Balaban J connectivity index is 3.15. The molecule has 1 aliphatic rings. The van der Waals surface area contributed by atoms with Crippen molar-refractivity contribution < 1.29 is 57.4 Å². The van der Waals surface area contributed by atoms with Gasteiger partial charge in [0.25, 0.3) is 5.67 Å². The lowest BCUT2D eigenvalue weighted by atomic mass is 9.71. The molecule has 0 bridgehead atoms. The number of ether oxygens (including phenoxy) is 1. The SMILES string of the molecule is FC(F)C(F)(F)CO[C@@H]1C[C@](F)(C(F)(F)F)[C@](F)(C(F)(F)F)C[C@@H]1Cl. The Morgan fingerprint density at radius 1 is 0.880 bits per heavy atom. The van der Waals surface area contributed by atoms with Gasteiger partial charge in [-0.3, -0.25) is 0 Å². The van der Waals surface area contributed by atoms with Crippen molar-refractivity contribution in [3.05, 3.63) is 0 Å². The third-order valence-electron chi connectivity index (χ3n) is 3.70. The van der Waals surface area contributed by atoms with E-state index in [2.05, 4.69) is 4.74 Å². The fraction of sp³-hybridized carbons (Fsp3) is 1.00. The Morgan fingerprint density at radius 2 is 1.28 bits per heavy atom. The van der Waals surface area contributed by atoms with Gasteiger partial charge in [0, 0.05) is 12.8 Å². The first-order chi connectivity index (χ1) is 10.9. The van der Waals surface area contributed by atoms with Crippen LogP contribution in [0.3, 0.4) is 0 Å². The van der Waals surface area contributed by atoms with E-state index >= 15 is 0 Å². The van der Waals surface area contributed by atoms with E-state index < -0.39 is 67.0 Å². The van der Waals surface area contributed by atoms with Crippen LogP contribution in [0.5, 0.6) is 0 Å². The number of hydrogen-bond donors (Lipinski definition) is 0. The van der Waals surface area contributed by atoms with Gasteiger partial charge in [0.15, 0.2) is 0 Å². The van der Waals surface area contributed by atoms with Crippen LogP contribution in [0.25, 0.3) is 0 Å².